The first-order chi connectivity index (χ1) is 9.24. The van der Waals surface area contributed by atoms with Gasteiger partial charge in [0.1, 0.15) is 5.78 Å². The first-order valence-electron chi connectivity index (χ1n) is 6.69. The van der Waals surface area contributed by atoms with Gasteiger partial charge in [-0.1, -0.05) is 36.4 Å². The molecule has 0 radical (unpaired) electrons. The van der Waals surface area contributed by atoms with Gasteiger partial charge in [-0.15, -0.1) is 0 Å². The first-order valence-corrected chi connectivity index (χ1v) is 7.63. The third-order valence-electron chi connectivity index (χ3n) is 3.83. The van der Waals surface area contributed by atoms with Crippen LogP contribution in [0.5, 0.6) is 0 Å². The van der Waals surface area contributed by atoms with Crippen molar-refractivity contribution in [3.8, 4) is 0 Å². The summed E-state index contributed by atoms with van der Waals surface area (Å²) in [6.45, 7) is 0. The van der Waals surface area contributed by atoms with Crippen LogP contribution in [0.25, 0.3) is 6.08 Å². The smallest absolute Gasteiger partial charge is 0.167 e. The van der Waals surface area contributed by atoms with Crippen molar-refractivity contribution in [2.45, 2.75) is 29.8 Å². The number of rotatable bonds is 3. The van der Waals surface area contributed by atoms with Gasteiger partial charge in [-0.25, -0.2) is 0 Å². The maximum atomic E-state index is 12.2. The van der Waals surface area contributed by atoms with Crippen molar-refractivity contribution >= 4 is 29.4 Å². The normalized spacial score (nSPS) is 29.9. The third kappa shape index (κ3) is 2.66. The molecule has 0 unspecified atom stereocenters. The van der Waals surface area contributed by atoms with Gasteiger partial charge >= 0.3 is 0 Å². The van der Waals surface area contributed by atoms with Gasteiger partial charge in [0.15, 0.2) is 5.78 Å². The Hall–Kier alpha value is -1.35. The zero-order valence-corrected chi connectivity index (χ0v) is 11.4. The average Bonchev–Trinajstić information content (AvgIpc) is 2.80. The Bertz CT molecular complexity index is 521. The van der Waals surface area contributed by atoms with E-state index in [2.05, 4.69) is 0 Å². The fraction of sp³-hybridized carbons (Fsp3) is 0.375. The Morgan fingerprint density at radius 2 is 2.00 bits per heavy atom. The first kappa shape index (κ1) is 12.7. The number of fused-ring (bicyclic) bond motifs is 2. The molecular formula is C16H16O2S. The molecular weight excluding hydrogens is 256 g/mol. The van der Waals surface area contributed by atoms with Gasteiger partial charge in [0, 0.05) is 16.9 Å². The predicted molar refractivity (Wildman–Crippen MR) is 78.0 cm³/mol. The van der Waals surface area contributed by atoms with Crippen LogP contribution in [0.1, 0.15) is 24.8 Å². The standard InChI is InChI=1S/C16H16O2S/c17-13(8-6-11-4-2-1-3-5-11)16-14(18)10-12-7-9-15(16)19-12/h1-6,8,12,15-16H,7,9-10H2/b8-6+/t12-,15+,16-/m1/s1. The number of Topliss-reactive ketones (excluding diaryl/α,β-unsaturated/α-hetero) is 1. The molecule has 98 valence electrons. The van der Waals surface area contributed by atoms with Gasteiger partial charge in [-0.05, 0) is 24.5 Å². The van der Waals surface area contributed by atoms with Crippen molar-refractivity contribution in [1.82, 2.24) is 0 Å². The molecule has 2 bridgehead atoms. The van der Waals surface area contributed by atoms with Crippen molar-refractivity contribution in [3.05, 3.63) is 42.0 Å². The van der Waals surface area contributed by atoms with Gasteiger partial charge in [0.25, 0.3) is 0 Å². The predicted octanol–water partition coefficient (Wildman–Crippen LogP) is 3.12. The van der Waals surface area contributed by atoms with Gasteiger partial charge in [0.05, 0.1) is 5.92 Å². The monoisotopic (exact) mass is 272 g/mol. The van der Waals surface area contributed by atoms with Crippen LogP contribution in [0.3, 0.4) is 0 Å². The van der Waals surface area contributed by atoms with Crippen molar-refractivity contribution in [2.75, 3.05) is 0 Å². The summed E-state index contributed by atoms with van der Waals surface area (Å²) < 4.78 is 0. The van der Waals surface area contributed by atoms with E-state index in [0.717, 1.165) is 18.4 Å². The zero-order chi connectivity index (χ0) is 13.2. The minimum atomic E-state index is -0.399. The summed E-state index contributed by atoms with van der Waals surface area (Å²) in [5.41, 5.74) is 0.996. The highest BCUT2D eigenvalue weighted by molar-refractivity contribution is 8.01. The highest BCUT2D eigenvalue weighted by Crippen LogP contribution is 2.45. The molecule has 3 rings (SSSR count). The Balaban J connectivity index is 1.73. The van der Waals surface area contributed by atoms with E-state index in [-0.39, 0.29) is 16.8 Å². The highest BCUT2D eigenvalue weighted by Gasteiger charge is 2.44. The van der Waals surface area contributed by atoms with Crippen LogP contribution in [0.4, 0.5) is 0 Å². The van der Waals surface area contributed by atoms with Crippen LogP contribution < -0.4 is 0 Å². The van der Waals surface area contributed by atoms with Crippen molar-refractivity contribution in [1.29, 1.82) is 0 Å². The molecule has 1 aromatic rings. The molecule has 2 nitrogen and oxygen atoms in total. The van der Waals surface area contributed by atoms with E-state index in [4.69, 9.17) is 0 Å². The number of hydrogen-bond donors (Lipinski definition) is 0. The number of benzene rings is 1. The fourth-order valence-electron chi connectivity index (χ4n) is 2.88. The molecule has 3 atom stereocenters. The molecule has 3 heteroatoms. The SMILES string of the molecule is O=C(/C=C/c1ccccc1)[C@@H]1C(=O)C[C@H]2CC[C@@H]1S2. The molecule has 2 aliphatic heterocycles. The van der Waals surface area contributed by atoms with Crippen molar-refractivity contribution in [3.63, 3.8) is 0 Å². The lowest BCUT2D eigenvalue weighted by atomic mass is 9.92. The van der Waals surface area contributed by atoms with E-state index in [1.165, 1.54) is 0 Å². The molecule has 2 fully saturated rings. The largest absolute Gasteiger partial charge is 0.299 e. The maximum absolute atomic E-state index is 12.2. The van der Waals surface area contributed by atoms with Gasteiger partial charge in [0.2, 0.25) is 0 Å². The lowest BCUT2D eigenvalue weighted by Crippen LogP contribution is -2.35. The van der Waals surface area contributed by atoms with Gasteiger partial charge < -0.3 is 0 Å². The second kappa shape index (κ2) is 5.33. The third-order valence-corrected chi connectivity index (χ3v) is 5.48. The lowest BCUT2D eigenvalue weighted by Gasteiger charge is -2.25. The minimum Gasteiger partial charge on any atom is -0.299 e. The minimum absolute atomic E-state index is 0.0216. The maximum Gasteiger partial charge on any atom is 0.167 e. The summed E-state index contributed by atoms with van der Waals surface area (Å²) >= 11 is 1.84. The van der Waals surface area contributed by atoms with Crippen LogP contribution in [0.15, 0.2) is 36.4 Å². The van der Waals surface area contributed by atoms with Crippen LogP contribution in [0.2, 0.25) is 0 Å². The topological polar surface area (TPSA) is 34.1 Å². The quantitative estimate of drug-likeness (QED) is 0.626. The van der Waals surface area contributed by atoms with E-state index in [1.54, 1.807) is 12.2 Å². The number of ketones is 2. The zero-order valence-electron chi connectivity index (χ0n) is 10.6. The molecule has 0 amide bonds. The van der Waals surface area contributed by atoms with Crippen LogP contribution in [-0.4, -0.2) is 22.1 Å². The Kier molecular flexibility index (Phi) is 3.56. The second-order valence-electron chi connectivity index (χ2n) is 5.17. The number of thioether (sulfide) groups is 1. The van der Waals surface area contributed by atoms with Crippen LogP contribution >= 0.6 is 11.8 Å². The summed E-state index contributed by atoms with van der Waals surface area (Å²) in [6, 6.07) is 9.72. The van der Waals surface area contributed by atoms with Gasteiger partial charge in [-0.2, -0.15) is 11.8 Å². The molecule has 0 saturated carbocycles. The lowest BCUT2D eigenvalue weighted by molar-refractivity contribution is -0.130. The molecule has 0 aliphatic carbocycles. The van der Waals surface area contributed by atoms with E-state index >= 15 is 0 Å². The van der Waals surface area contributed by atoms with E-state index < -0.39 is 5.92 Å². The Morgan fingerprint density at radius 1 is 1.21 bits per heavy atom. The van der Waals surface area contributed by atoms with E-state index in [1.807, 2.05) is 42.1 Å². The molecule has 0 N–H and O–H groups in total. The summed E-state index contributed by atoms with van der Waals surface area (Å²) in [4.78, 5) is 24.3. The summed E-state index contributed by atoms with van der Waals surface area (Å²) in [7, 11) is 0. The molecule has 0 aromatic heterocycles. The number of carbonyl (C=O) groups excluding carboxylic acids is 2. The molecule has 0 spiro atoms. The summed E-state index contributed by atoms with van der Waals surface area (Å²) in [6.07, 6.45) is 6.07. The second-order valence-corrected chi connectivity index (χ2v) is 6.71. The molecule has 19 heavy (non-hydrogen) atoms. The molecule has 2 heterocycles. The number of allylic oxidation sites excluding steroid dienone is 1. The van der Waals surface area contributed by atoms with Crippen molar-refractivity contribution in [2.24, 2.45) is 5.92 Å². The highest BCUT2D eigenvalue weighted by atomic mass is 32.2. The number of hydrogen-bond acceptors (Lipinski definition) is 3. The average molecular weight is 272 g/mol. The molecule has 1 aromatic carbocycles. The fourth-order valence-corrected chi connectivity index (χ4v) is 4.62. The molecule has 2 saturated heterocycles. The molecule has 2 aliphatic rings. The van der Waals surface area contributed by atoms with E-state index in [0.29, 0.717) is 11.7 Å². The Labute approximate surface area is 117 Å². The van der Waals surface area contributed by atoms with E-state index in [9.17, 15) is 9.59 Å². The van der Waals surface area contributed by atoms with Gasteiger partial charge in [-0.3, -0.25) is 9.59 Å². The summed E-state index contributed by atoms with van der Waals surface area (Å²) in [5, 5.41) is 0.693. The Morgan fingerprint density at radius 3 is 2.79 bits per heavy atom. The van der Waals surface area contributed by atoms with Crippen LogP contribution in [0, 0.1) is 5.92 Å². The van der Waals surface area contributed by atoms with Crippen LogP contribution in [-0.2, 0) is 9.59 Å². The summed E-state index contributed by atoms with van der Waals surface area (Å²) in [5.74, 6) is -0.274. The number of carbonyl (C=O) groups is 2. The van der Waals surface area contributed by atoms with Crippen molar-refractivity contribution < 1.29 is 9.59 Å².